The van der Waals surface area contributed by atoms with Crippen molar-refractivity contribution in [1.82, 2.24) is 19.6 Å². The number of fused-ring (bicyclic) bond motifs is 1. The standard InChI is InChI=1S/C21H18Cl2N4S/c1-13-18(11-16-5-3-4-6-19(16)23)14(2)27-20(24-13)25-21(26-27)28-12-15-7-9-17(22)10-8-15/h3-10H,11-12H2,1-2H3. The number of halogens is 2. The Hall–Kier alpha value is -2.08. The number of thioether (sulfide) groups is 1. The molecule has 0 fully saturated rings. The Balaban J connectivity index is 1.61. The zero-order valence-corrected chi connectivity index (χ0v) is 17.8. The van der Waals surface area contributed by atoms with Gasteiger partial charge in [-0.1, -0.05) is 65.3 Å². The molecule has 0 spiro atoms. The summed E-state index contributed by atoms with van der Waals surface area (Å²) < 4.78 is 1.82. The zero-order valence-electron chi connectivity index (χ0n) is 15.5. The summed E-state index contributed by atoms with van der Waals surface area (Å²) in [5.74, 6) is 1.40. The van der Waals surface area contributed by atoms with Gasteiger partial charge in [-0.2, -0.15) is 4.98 Å². The molecule has 0 atom stereocenters. The quantitative estimate of drug-likeness (QED) is 0.369. The first-order valence-electron chi connectivity index (χ1n) is 8.85. The third-order valence-electron chi connectivity index (χ3n) is 4.64. The van der Waals surface area contributed by atoms with Crippen molar-refractivity contribution in [2.75, 3.05) is 0 Å². The summed E-state index contributed by atoms with van der Waals surface area (Å²) in [6, 6.07) is 15.7. The highest BCUT2D eigenvalue weighted by molar-refractivity contribution is 7.98. The van der Waals surface area contributed by atoms with Gasteiger partial charge in [0.15, 0.2) is 0 Å². The van der Waals surface area contributed by atoms with Gasteiger partial charge in [-0.25, -0.2) is 9.50 Å². The minimum absolute atomic E-state index is 0.622. The predicted octanol–water partition coefficient (Wildman–Crippen LogP) is 5.93. The molecule has 0 saturated carbocycles. The molecule has 2 aromatic heterocycles. The van der Waals surface area contributed by atoms with Crippen LogP contribution in [0.1, 0.15) is 28.1 Å². The minimum Gasteiger partial charge on any atom is -0.216 e. The lowest BCUT2D eigenvalue weighted by Crippen LogP contribution is -2.06. The average Bonchev–Trinajstić information content (AvgIpc) is 3.09. The average molecular weight is 429 g/mol. The van der Waals surface area contributed by atoms with E-state index in [1.165, 1.54) is 5.56 Å². The van der Waals surface area contributed by atoms with E-state index in [-0.39, 0.29) is 0 Å². The van der Waals surface area contributed by atoms with Crippen molar-refractivity contribution in [3.63, 3.8) is 0 Å². The number of nitrogens with zero attached hydrogens (tertiary/aromatic N) is 4. The monoisotopic (exact) mass is 428 g/mol. The van der Waals surface area contributed by atoms with Crippen LogP contribution in [-0.4, -0.2) is 19.6 Å². The molecule has 4 rings (SSSR count). The van der Waals surface area contributed by atoms with E-state index in [4.69, 9.17) is 23.2 Å². The van der Waals surface area contributed by atoms with Crippen LogP contribution < -0.4 is 0 Å². The molecular formula is C21H18Cl2N4S. The molecule has 0 saturated heterocycles. The molecule has 0 bridgehead atoms. The fourth-order valence-corrected chi connectivity index (χ4v) is 4.17. The first-order valence-corrected chi connectivity index (χ1v) is 10.6. The fourth-order valence-electron chi connectivity index (χ4n) is 3.07. The number of hydrogen-bond acceptors (Lipinski definition) is 4. The van der Waals surface area contributed by atoms with Crippen molar-refractivity contribution in [3.05, 3.63) is 86.7 Å². The van der Waals surface area contributed by atoms with Gasteiger partial charge in [0, 0.05) is 33.6 Å². The minimum atomic E-state index is 0.622. The van der Waals surface area contributed by atoms with Gasteiger partial charge in [0.25, 0.3) is 5.78 Å². The van der Waals surface area contributed by atoms with Gasteiger partial charge in [0.2, 0.25) is 5.16 Å². The van der Waals surface area contributed by atoms with Crippen LogP contribution >= 0.6 is 35.0 Å². The van der Waals surface area contributed by atoms with Crippen LogP contribution in [0.15, 0.2) is 53.7 Å². The molecule has 0 unspecified atom stereocenters. The van der Waals surface area contributed by atoms with Crippen LogP contribution in [0.2, 0.25) is 10.0 Å². The highest BCUT2D eigenvalue weighted by atomic mass is 35.5. The molecule has 142 valence electrons. The van der Waals surface area contributed by atoms with Gasteiger partial charge in [0.05, 0.1) is 0 Å². The van der Waals surface area contributed by atoms with Crippen molar-refractivity contribution in [1.29, 1.82) is 0 Å². The summed E-state index contributed by atoms with van der Waals surface area (Å²) in [6.07, 6.45) is 0.716. The van der Waals surface area contributed by atoms with Crippen molar-refractivity contribution in [2.24, 2.45) is 0 Å². The van der Waals surface area contributed by atoms with Crippen LogP contribution in [0.5, 0.6) is 0 Å². The Morgan fingerprint density at radius 1 is 0.964 bits per heavy atom. The highest BCUT2D eigenvalue weighted by Gasteiger charge is 2.15. The van der Waals surface area contributed by atoms with E-state index >= 15 is 0 Å². The molecule has 0 N–H and O–H groups in total. The maximum absolute atomic E-state index is 6.34. The van der Waals surface area contributed by atoms with E-state index < -0.39 is 0 Å². The van der Waals surface area contributed by atoms with Crippen molar-refractivity contribution >= 4 is 40.7 Å². The molecule has 2 heterocycles. The van der Waals surface area contributed by atoms with Gasteiger partial charge in [0.1, 0.15) is 0 Å². The third-order valence-corrected chi connectivity index (χ3v) is 6.17. The lowest BCUT2D eigenvalue weighted by Gasteiger charge is -2.11. The van der Waals surface area contributed by atoms with E-state index in [1.54, 1.807) is 11.8 Å². The highest BCUT2D eigenvalue weighted by Crippen LogP contribution is 2.25. The van der Waals surface area contributed by atoms with Crippen molar-refractivity contribution < 1.29 is 0 Å². The Bertz CT molecular complexity index is 1140. The topological polar surface area (TPSA) is 43.1 Å². The summed E-state index contributed by atoms with van der Waals surface area (Å²) in [5, 5.41) is 6.87. The molecule has 2 aromatic carbocycles. The Morgan fingerprint density at radius 2 is 1.71 bits per heavy atom. The zero-order chi connectivity index (χ0) is 19.7. The van der Waals surface area contributed by atoms with E-state index in [2.05, 4.69) is 22.0 Å². The number of benzene rings is 2. The van der Waals surface area contributed by atoms with Gasteiger partial charge in [-0.05, 0) is 48.7 Å². The molecule has 4 aromatic rings. The summed E-state index contributed by atoms with van der Waals surface area (Å²) in [5.41, 5.74) is 5.36. The van der Waals surface area contributed by atoms with Crippen LogP contribution in [0.25, 0.3) is 5.78 Å². The normalized spacial score (nSPS) is 11.3. The Labute approximate surface area is 177 Å². The second kappa shape index (κ2) is 8.11. The number of hydrogen-bond donors (Lipinski definition) is 0. The Kier molecular flexibility index (Phi) is 5.58. The molecule has 4 nitrogen and oxygen atoms in total. The van der Waals surface area contributed by atoms with Crippen LogP contribution in [-0.2, 0) is 12.2 Å². The summed E-state index contributed by atoms with van der Waals surface area (Å²) >= 11 is 13.9. The molecule has 28 heavy (non-hydrogen) atoms. The largest absolute Gasteiger partial charge is 0.253 e. The maximum atomic E-state index is 6.34. The van der Waals surface area contributed by atoms with Gasteiger partial charge >= 0.3 is 0 Å². The van der Waals surface area contributed by atoms with Crippen LogP contribution in [0.3, 0.4) is 0 Å². The fraction of sp³-hybridized carbons (Fsp3) is 0.190. The molecule has 0 aliphatic rings. The van der Waals surface area contributed by atoms with Crippen molar-refractivity contribution in [2.45, 2.75) is 31.2 Å². The molecular weight excluding hydrogens is 411 g/mol. The number of aryl methyl sites for hydroxylation is 2. The molecule has 0 radical (unpaired) electrons. The van der Waals surface area contributed by atoms with E-state index in [0.29, 0.717) is 17.4 Å². The molecule has 0 aliphatic heterocycles. The lowest BCUT2D eigenvalue weighted by molar-refractivity contribution is 0.823. The number of rotatable bonds is 5. The van der Waals surface area contributed by atoms with E-state index in [0.717, 1.165) is 38.3 Å². The van der Waals surface area contributed by atoms with Crippen molar-refractivity contribution in [3.8, 4) is 0 Å². The van der Waals surface area contributed by atoms with E-state index in [1.807, 2.05) is 60.0 Å². The lowest BCUT2D eigenvalue weighted by atomic mass is 10.0. The van der Waals surface area contributed by atoms with Gasteiger partial charge in [-0.3, -0.25) is 0 Å². The Morgan fingerprint density at radius 3 is 2.46 bits per heavy atom. The van der Waals surface area contributed by atoms with Gasteiger partial charge < -0.3 is 0 Å². The summed E-state index contributed by atoms with van der Waals surface area (Å²) in [4.78, 5) is 9.25. The van der Waals surface area contributed by atoms with Crippen LogP contribution in [0, 0.1) is 13.8 Å². The second-order valence-corrected chi connectivity index (χ2v) is 8.34. The third kappa shape index (κ3) is 4.02. The first-order chi connectivity index (χ1) is 13.5. The van der Waals surface area contributed by atoms with Gasteiger partial charge in [-0.15, -0.1) is 5.10 Å². The first kappa shape index (κ1) is 19.2. The maximum Gasteiger partial charge on any atom is 0.253 e. The number of aromatic nitrogens is 4. The SMILES string of the molecule is Cc1nc2nc(SCc3ccc(Cl)cc3)nn2c(C)c1Cc1ccccc1Cl. The summed E-state index contributed by atoms with van der Waals surface area (Å²) in [7, 11) is 0. The predicted molar refractivity (Wildman–Crippen MR) is 116 cm³/mol. The molecule has 7 heteroatoms. The summed E-state index contributed by atoms with van der Waals surface area (Å²) in [6.45, 7) is 4.06. The molecule has 0 aliphatic carbocycles. The second-order valence-electron chi connectivity index (χ2n) is 6.55. The van der Waals surface area contributed by atoms with Crippen LogP contribution in [0.4, 0.5) is 0 Å². The van der Waals surface area contributed by atoms with E-state index in [9.17, 15) is 0 Å². The smallest absolute Gasteiger partial charge is 0.216 e. The molecule has 0 amide bonds.